The molecule has 2 aliphatic heterocycles. The minimum absolute atomic E-state index is 0.0587. The van der Waals surface area contributed by atoms with Gasteiger partial charge in [-0.3, -0.25) is 9.69 Å². The first-order valence-corrected chi connectivity index (χ1v) is 11.0. The first-order valence-electron chi connectivity index (χ1n) is 10.6. The van der Waals surface area contributed by atoms with Crippen LogP contribution in [0, 0.1) is 17.1 Å². The van der Waals surface area contributed by atoms with Crippen molar-refractivity contribution in [3.8, 4) is 11.9 Å². The van der Waals surface area contributed by atoms with Crippen molar-refractivity contribution in [2.45, 2.75) is 25.8 Å². The Morgan fingerprint density at radius 1 is 1.35 bits per heavy atom. The summed E-state index contributed by atoms with van der Waals surface area (Å²) in [6.07, 6.45) is 1.32. The molecule has 0 spiro atoms. The molecule has 1 aromatic heterocycles. The summed E-state index contributed by atoms with van der Waals surface area (Å²) in [5.41, 5.74) is 3.17. The lowest BCUT2D eigenvalue weighted by Gasteiger charge is -2.34. The zero-order valence-electron chi connectivity index (χ0n) is 18.4. The maximum atomic E-state index is 14.3. The number of halogens is 2. The Labute approximate surface area is 200 Å². The van der Waals surface area contributed by atoms with Crippen molar-refractivity contribution in [1.29, 1.82) is 5.26 Å². The number of carbonyl (C=O) groups is 1. The monoisotopic (exact) mass is 478 g/mol. The summed E-state index contributed by atoms with van der Waals surface area (Å²) in [5, 5.41) is 16.3. The second-order valence-electron chi connectivity index (χ2n) is 8.77. The number of amides is 1. The zero-order valence-corrected chi connectivity index (χ0v) is 19.2. The maximum Gasteiger partial charge on any atom is 0.268 e. The van der Waals surface area contributed by atoms with Crippen LogP contribution in [0.2, 0.25) is 5.02 Å². The molecule has 172 valence electrons. The van der Waals surface area contributed by atoms with E-state index in [0.717, 1.165) is 22.6 Å². The van der Waals surface area contributed by atoms with Gasteiger partial charge in [-0.25, -0.2) is 9.37 Å². The van der Waals surface area contributed by atoms with Gasteiger partial charge in [0.15, 0.2) is 6.73 Å². The molecule has 10 heteroatoms. The summed E-state index contributed by atoms with van der Waals surface area (Å²) in [6, 6.07) is 10.2. The van der Waals surface area contributed by atoms with E-state index < -0.39 is 11.7 Å². The Balaban J connectivity index is 1.44. The average molecular weight is 479 g/mol. The van der Waals surface area contributed by atoms with Crippen LogP contribution in [-0.4, -0.2) is 29.2 Å². The number of nitriles is 1. The summed E-state index contributed by atoms with van der Waals surface area (Å²) in [6.45, 7) is 5.40. The van der Waals surface area contributed by atoms with Crippen molar-refractivity contribution < 1.29 is 13.9 Å². The first-order chi connectivity index (χ1) is 16.3. The van der Waals surface area contributed by atoms with Gasteiger partial charge in [0.2, 0.25) is 11.8 Å². The van der Waals surface area contributed by atoms with E-state index in [2.05, 4.69) is 40.5 Å². The average Bonchev–Trinajstić information content (AvgIpc) is 2.79. The van der Waals surface area contributed by atoms with E-state index in [-0.39, 0.29) is 40.2 Å². The lowest BCUT2D eigenvalue weighted by atomic mass is 9.76. The summed E-state index contributed by atoms with van der Waals surface area (Å²) < 4.78 is 20.0. The molecule has 0 saturated carbocycles. The lowest BCUT2D eigenvalue weighted by Crippen LogP contribution is -2.40. The molecule has 8 nitrogen and oxygen atoms in total. The van der Waals surface area contributed by atoms with Gasteiger partial charge in [-0.05, 0) is 35.4 Å². The molecular weight excluding hydrogens is 459 g/mol. The van der Waals surface area contributed by atoms with Crippen LogP contribution in [0.25, 0.3) is 0 Å². The quantitative estimate of drug-likeness (QED) is 0.579. The summed E-state index contributed by atoms with van der Waals surface area (Å²) in [4.78, 5) is 22.6. The molecule has 0 atom stereocenters. The van der Waals surface area contributed by atoms with Crippen LogP contribution in [0.15, 0.2) is 36.5 Å². The number of anilines is 3. The van der Waals surface area contributed by atoms with Crippen molar-refractivity contribution in [2.75, 3.05) is 23.5 Å². The van der Waals surface area contributed by atoms with E-state index in [1.165, 1.54) is 24.4 Å². The number of fused-ring (bicyclic) bond motifs is 2. The van der Waals surface area contributed by atoms with Crippen molar-refractivity contribution in [3.63, 3.8) is 0 Å². The molecule has 0 bridgehead atoms. The SMILES string of the molecule is CC1(C)CNCc2cc(Nc3ncc4c(n3)OCN(c3c(F)cccc3Cl)C4=O)cc(C#N)c21. The number of ether oxygens (including phenoxy) is 1. The van der Waals surface area contributed by atoms with E-state index in [1.54, 1.807) is 6.07 Å². The Morgan fingerprint density at radius 3 is 2.94 bits per heavy atom. The van der Waals surface area contributed by atoms with Gasteiger partial charge >= 0.3 is 0 Å². The molecule has 0 unspecified atom stereocenters. The Hall–Kier alpha value is -3.74. The molecule has 2 aromatic carbocycles. The van der Waals surface area contributed by atoms with Crippen LogP contribution < -0.4 is 20.3 Å². The maximum absolute atomic E-state index is 14.3. The first kappa shape index (κ1) is 22.1. The number of aromatic nitrogens is 2. The van der Waals surface area contributed by atoms with Gasteiger partial charge in [0.05, 0.1) is 16.7 Å². The third-order valence-corrected chi connectivity index (χ3v) is 6.23. The van der Waals surface area contributed by atoms with E-state index in [0.29, 0.717) is 17.8 Å². The van der Waals surface area contributed by atoms with Crippen molar-refractivity contribution in [1.82, 2.24) is 15.3 Å². The number of hydrogen-bond donors (Lipinski definition) is 2. The summed E-state index contributed by atoms with van der Waals surface area (Å²) >= 11 is 6.11. The van der Waals surface area contributed by atoms with Gasteiger partial charge in [-0.1, -0.05) is 31.5 Å². The molecule has 3 aromatic rings. The van der Waals surface area contributed by atoms with Crippen molar-refractivity contribution in [3.05, 3.63) is 69.6 Å². The molecular formula is C24H20ClFN6O2. The van der Waals surface area contributed by atoms with Crippen LogP contribution in [0.5, 0.6) is 5.88 Å². The minimum atomic E-state index is -0.634. The second-order valence-corrected chi connectivity index (χ2v) is 9.18. The third-order valence-electron chi connectivity index (χ3n) is 5.92. The molecule has 0 saturated heterocycles. The molecule has 2 aliphatic rings. The van der Waals surface area contributed by atoms with E-state index in [9.17, 15) is 14.4 Å². The topological polar surface area (TPSA) is 103 Å². The Bertz CT molecular complexity index is 1350. The molecule has 3 heterocycles. The number of rotatable bonds is 3. The number of nitrogens with zero attached hydrogens (tertiary/aromatic N) is 4. The van der Waals surface area contributed by atoms with Crippen LogP contribution >= 0.6 is 11.6 Å². The summed E-state index contributed by atoms with van der Waals surface area (Å²) in [7, 11) is 0. The van der Waals surface area contributed by atoms with Crippen molar-refractivity contribution >= 4 is 34.8 Å². The molecule has 0 fully saturated rings. The van der Waals surface area contributed by atoms with Gasteiger partial charge in [-0.15, -0.1) is 0 Å². The number of hydrogen-bond acceptors (Lipinski definition) is 7. The number of nitrogens with one attached hydrogen (secondary N) is 2. The van der Waals surface area contributed by atoms with Crippen LogP contribution in [0.1, 0.15) is 40.9 Å². The second kappa shape index (κ2) is 8.24. The Kier molecular flexibility index (Phi) is 5.35. The fraction of sp³-hybridized carbons (Fsp3) is 0.250. The van der Waals surface area contributed by atoms with Crippen LogP contribution in [0.3, 0.4) is 0 Å². The molecule has 2 N–H and O–H groups in total. The van der Waals surface area contributed by atoms with Crippen LogP contribution in [0.4, 0.5) is 21.7 Å². The van der Waals surface area contributed by atoms with Gasteiger partial charge in [0.25, 0.3) is 5.91 Å². The third kappa shape index (κ3) is 3.71. The van der Waals surface area contributed by atoms with Gasteiger partial charge < -0.3 is 15.4 Å². The summed E-state index contributed by atoms with van der Waals surface area (Å²) in [5.74, 6) is -0.873. The van der Waals surface area contributed by atoms with Gasteiger partial charge in [0.1, 0.15) is 17.1 Å². The molecule has 1 amide bonds. The smallest absolute Gasteiger partial charge is 0.268 e. The predicted octanol–water partition coefficient (Wildman–Crippen LogP) is 4.26. The highest BCUT2D eigenvalue weighted by molar-refractivity contribution is 6.34. The predicted molar refractivity (Wildman–Crippen MR) is 125 cm³/mol. The number of carbonyl (C=O) groups excluding carboxylic acids is 1. The minimum Gasteiger partial charge on any atom is -0.455 e. The largest absolute Gasteiger partial charge is 0.455 e. The molecule has 0 radical (unpaired) electrons. The fourth-order valence-electron chi connectivity index (χ4n) is 4.45. The fourth-order valence-corrected chi connectivity index (χ4v) is 4.72. The normalized spacial score (nSPS) is 16.2. The van der Waals surface area contributed by atoms with Gasteiger partial charge in [0, 0.05) is 30.4 Å². The molecule has 0 aliphatic carbocycles. The van der Waals surface area contributed by atoms with E-state index in [4.69, 9.17) is 16.3 Å². The highest BCUT2D eigenvalue weighted by atomic mass is 35.5. The van der Waals surface area contributed by atoms with Crippen LogP contribution in [-0.2, 0) is 12.0 Å². The standard InChI is InChI=1S/C24H20ClFN6O2/c1-24(2)11-28-9-14-7-15(6-13(8-27)19(14)24)30-23-29-10-16-21(31-23)34-12-32(22(16)33)20-17(25)4-3-5-18(20)26/h3-7,10,28H,9,11-12H2,1-2H3,(H,29,30,31). The number of benzene rings is 2. The lowest BCUT2D eigenvalue weighted by molar-refractivity contribution is 0.0931. The van der Waals surface area contributed by atoms with E-state index >= 15 is 0 Å². The van der Waals surface area contributed by atoms with E-state index in [1.807, 2.05) is 6.07 Å². The number of para-hydroxylation sites is 1. The molecule has 5 rings (SSSR count). The van der Waals surface area contributed by atoms with Crippen molar-refractivity contribution in [2.24, 2.45) is 0 Å². The Morgan fingerprint density at radius 2 is 2.18 bits per heavy atom. The zero-order chi connectivity index (χ0) is 24.0. The highest BCUT2D eigenvalue weighted by Crippen LogP contribution is 2.36. The molecule has 34 heavy (non-hydrogen) atoms. The van der Waals surface area contributed by atoms with Gasteiger partial charge in [-0.2, -0.15) is 10.2 Å². The highest BCUT2D eigenvalue weighted by Gasteiger charge is 2.33.